The van der Waals surface area contributed by atoms with Crippen molar-refractivity contribution in [3.63, 3.8) is 0 Å². The lowest BCUT2D eigenvalue weighted by molar-refractivity contribution is 0.0957. The van der Waals surface area contributed by atoms with E-state index < -0.39 is 0 Å². The van der Waals surface area contributed by atoms with Gasteiger partial charge in [-0.25, -0.2) is 4.98 Å². The van der Waals surface area contributed by atoms with Gasteiger partial charge in [0.1, 0.15) is 18.1 Å². The molecule has 0 unspecified atom stereocenters. The second-order valence-corrected chi connectivity index (χ2v) is 8.26. The van der Waals surface area contributed by atoms with Crippen LogP contribution in [0.3, 0.4) is 0 Å². The van der Waals surface area contributed by atoms with Crippen LogP contribution < -0.4 is 20.5 Å². The Morgan fingerprint density at radius 1 is 1.25 bits per heavy atom. The van der Waals surface area contributed by atoms with E-state index in [1.807, 2.05) is 25.3 Å². The Balaban J connectivity index is 1.30. The van der Waals surface area contributed by atoms with Crippen molar-refractivity contribution in [2.45, 2.75) is 25.9 Å². The van der Waals surface area contributed by atoms with Crippen LogP contribution in [0.4, 0.5) is 5.69 Å². The predicted molar refractivity (Wildman–Crippen MR) is 121 cm³/mol. The quantitative estimate of drug-likeness (QED) is 0.638. The first-order valence-corrected chi connectivity index (χ1v) is 10.9. The number of pyridine rings is 3. The monoisotopic (exact) mass is 434 g/mol. The van der Waals surface area contributed by atoms with Crippen LogP contribution in [0.5, 0.6) is 5.75 Å². The first kappa shape index (κ1) is 20.4. The molecule has 1 amide bonds. The molecule has 3 aromatic rings. The Labute approximate surface area is 185 Å². The number of hydrogen-bond acceptors (Lipinski definition) is 7. The van der Waals surface area contributed by atoms with Gasteiger partial charge in [-0.3, -0.25) is 19.5 Å². The summed E-state index contributed by atoms with van der Waals surface area (Å²) in [7, 11) is 1.59. The lowest BCUT2D eigenvalue weighted by Crippen LogP contribution is -2.57. The molecule has 1 fully saturated rings. The SMILES string of the molecule is CCc1cc2ncc(CN3CCN4c5cnc(C(=O)NC)cc5OC[C@@H]4C3)cc2[nH]c1=O. The topological polar surface area (TPSA) is 103 Å². The number of nitrogens with zero attached hydrogens (tertiary/aromatic N) is 4. The molecule has 0 spiro atoms. The van der Waals surface area contributed by atoms with Crippen molar-refractivity contribution < 1.29 is 9.53 Å². The number of aromatic amines is 1. The highest BCUT2D eigenvalue weighted by atomic mass is 16.5. The molecule has 5 heterocycles. The van der Waals surface area contributed by atoms with Crippen LogP contribution >= 0.6 is 0 Å². The molecular formula is C23H26N6O3. The Bertz CT molecular complexity index is 1240. The Morgan fingerprint density at radius 3 is 2.94 bits per heavy atom. The second kappa shape index (κ2) is 8.23. The molecular weight excluding hydrogens is 408 g/mol. The average molecular weight is 435 g/mol. The lowest BCUT2D eigenvalue weighted by atomic mass is 10.1. The first-order chi connectivity index (χ1) is 15.6. The fourth-order valence-corrected chi connectivity index (χ4v) is 4.50. The first-order valence-electron chi connectivity index (χ1n) is 10.9. The van der Waals surface area contributed by atoms with E-state index in [-0.39, 0.29) is 17.5 Å². The van der Waals surface area contributed by atoms with Crippen LogP contribution in [0.25, 0.3) is 11.0 Å². The van der Waals surface area contributed by atoms with Crippen LogP contribution in [0.2, 0.25) is 0 Å². The van der Waals surface area contributed by atoms with Gasteiger partial charge in [0, 0.05) is 51.1 Å². The minimum Gasteiger partial charge on any atom is -0.489 e. The summed E-state index contributed by atoms with van der Waals surface area (Å²) < 4.78 is 5.98. The van der Waals surface area contributed by atoms with Gasteiger partial charge < -0.3 is 19.9 Å². The van der Waals surface area contributed by atoms with Crippen molar-refractivity contribution in [1.29, 1.82) is 0 Å². The standard InChI is InChI=1S/C23H26N6O3/c1-3-15-7-17-18(27-22(15)30)6-14(9-25-17)11-28-4-5-29-16(12-28)13-32-21-8-19(23(31)24-2)26-10-20(21)29/h6-10,16H,3-5,11-13H2,1-2H3,(H,24,31)(H,27,30)/t16-/m0/s1. The number of H-pyrrole nitrogens is 1. The highest BCUT2D eigenvalue weighted by molar-refractivity contribution is 5.93. The maximum Gasteiger partial charge on any atom is 0.269 e. The molecule has 166 valence electrons. The summed E-state index contributed by atoms with van der Waals surface area (Å²) in [5.74, 6) is 0.483. The number of anilines is 1. The van der Waals surface area contributed by atoms with Crippen molar-refractivity contribution in [2.24, 2.45) is 0 Å². The third kappa shape index (κ3) is 3.69. The van der Waals surface area contributed by atoms with Gasteiger partial charge in [-0.1, -0.05) is 6.92 Å². The van der Waals surface area contributed by atoms with E-state index >= 15 is 0 Å². The highest BCUT2D eigenvalue weighted by Crippen LogP contribution is 2.35. The number of amides is 1. The maximum atomic E-state index is 12.2. The summed E-state index contributed by atoms with van der Waals surface area (Å²) in [5.41, 5.74) is 4.66. The second-order valence-electron chi connectivity index (χ2n) is 8.26. The smallest absolute Gasteiger partial charge is 0.269 e. The fraction of sp³-hybridized carbons (Fsp3) is 0.391. The molecule has 2 aliphatic heterocycles. The van der Waals surface area contributed by atoms with Gasteiger partial charge in [0.2, 0.25) is 0 Å². The molecule has 2 aliphatic rings. The van der Waals surface area contributed by atoms with E-state index in [0.29, 0.717) is 24.5 Å². The van der Waals surface area contributed by atoms with Gasteiger partial charge >= 0.3 is 0 Å². The molecule has 0 aromatic carbocycles. The van der Waals surface area contributed by atoms with E-state index in [0.717, 1.165) is 54.0 Å². The van der Waals surface area contributed by atoms with E-state index in [4.69, 9.17) is 4.74 Å². The van der Waals surface area contributed by atoms with Crippen molar-refractivity contribution in [2.75, 3.05) is 38.2 Å². The summed E-state index contributed by atoms with van der Waals surface area (Å²) >= 11 is 0. The Hall–Kier alpha value is -3.46. The fourth-order valence-electron chi connectivity index (χ4n) is 4.50. The third-order valence-corrected chi connectivity index (χ3v) is 6.23. The van der Waals surface area contributed by atoms with Crippen LogP contribution in [0, 0.1) is 0 Å². The van der Waals surface area contributed by atoms with Crippen molar-refractivity contribution in [3.8, 4) is 5.75 Å². The van der Waals surface area contributed by atoms with Gasteiger partial charge in [-0.15, -0.1) is 0 Å². The number of aryl methyl sites for hydroxylation is 1. The summed E-state index contributed by atoms with van der Waals surface area (Å²) in [6, 6.07) is 5.82. The molecule has 0 radical (unpaired) electrons. The zero-order chi connectivity index (χ0) is 22.2. The molecule has 5 rings (SSSR count). The number of piperazine rings is 1. The predicted octanol–water partition coefficient (Wildman–Crippen LogP) is 1.32. The Morgan fingerprint density at radius 2 is 2.12 bits per heavy atom. The highest BCUT2D eigenvalue weighted by Gasteiger charge is 2.33. The number of hydrogen-bond donors (Lipinski definition) is 2. The molecule has 9 heteroatoms. The summed E-state index contributed by atoms with van der Waals surface area (Å²) in [4.78, 5) is 40.5. The third-order valence-electron chi connectivity index (χ3n) is 6.23. The summed E-state index contributed by atoms with van der Waals surface area (Å²) in [6.07, 6.45) is 4.31. The number of ether oxygens (including phenoxy) is 1. The number of rotatable bonds is 4. The summed E-state index contributed by atoms with van der Waals surface area (Å²) in [5, 5.41) is 2.59. The van der Waals surface area contributed by atoms with E-state index in [1.54, 1.807) is 19.3 Å². The number of nitrogens with one attached hydrogen (secondary N) is 2. The minimum atomic E-state index is -0.223. The van der Waals surface area contributed by atoms with Crippen molar-refractivity contribution in [1.82, 2.24) is 25.2 Å². The van der Waals surface area contributed by atoms with Crippen LogP contribution in [0.15, 0.2) is 35.4 Å². The van der Waals surface area contributed by atoms with Gasteiger partial charge in [0.25, 0.3) is 11.5 Å². The maximum absolute atomic E-state index is 12.2. The number of carbonyl (C=O) groups is 1. The molecule has 1 saturated heterocycles. The summed E-state index contributed by atoms with van der Waals surface area (Å²) in [6.45, 7) is 5.86. The van der Waals surface area contributed by atoms with Crippen LogP contribution in [-0.2, 0) is 13.0 Å². The van der Waals surface area contributed by atoms with Gasteiger partial charge in [0.05, 0.1) is 29.0 Å². The van der Waals surface area contributed by atoms with Crippen LogP contribution in [0.1, 0.15) is 28.5 Å². The zero-order valence-corrected chi connectivity index (χ0v) is 18.2. The van der Waals surface area contributed by atoms with E-state index in [2.05, 4.69) is 30.1 Å². The molecule has 9 nitrogen and oxygen atoms in total. The largest absolute Gasteiger partial charge is 0.489 e. The van der Waals surface area contributed by atoms with E-state index in [1.165, 1.54) is 0 Å². The molecule has 0 aliphatic carbocycles. The van der Waals surface area contributed by atoms with Gasteiger partial charge in [-0.05, 0) is 24.1 Å². The minimum absolute atomic E-state index is 0.0428. The number of aromatic nitrogens is 3. The van der Waals surface area contributed by atoms with Crippen molar-refractivity contribution >= 4 is 22.6 Å². The van der Waals surface area contributed by atoms with Crippen molar-refractivity contribution in [3.05, 3.63) is 57.8 Å². The zero-order valence-electron chi connectivity index (χ0n) is 18.2. The molecule has 1 atom stereocenters. The lowest BCUT2D eigenvalue weighted by Gasteiger charge is -2.45. The normalized spacial score (nSPS) is 18.1. The van der Waals surface area contributed by atoms with E-state index in [9.17, 15) is 9.59 Å². The molecule has 0 saturated carbocycles. The van der Waals surface area contributed by atoms with Gasteiger partial charge in [0.15, 0.2) is 0 Å². The molecule has 0 bridgehead atoms. The molecule has 2 N–H and O–H groups in total. The molecule has 32 heavy (non-hydrogen) atoms. The Kier molecular flexibility index (Phi) is 5.26. The average Bonchev–Trinajstić information content (AvgIpc) is 2.82. The number of fused-ring (bicyclic) bond motifs is 4. The molecule has 3 aromatic heterocycles. The van der Waals surface area contributed by atoms with Crippen LogP contribution in [-0.4, -0.2) is 65.1 Å². The van der Waals surface area contributed by atoms with Gasteiger partial charge in [-0.2, -0.15) is 0 Å². The number of carbonyl (C=O) groups excluding carboxylic acids is 1.